The Morgan fingerprint density at radius 3 is 2.23 bits per heavy atom. The van der Waals surface area contributed by atoms with E-state index in [2.05, 4.69) is 27.4 Å². The Morgan fingerprint density at radius 1 is 0.868 bits per heavy atom. The molecular weight excluding hydrogens is 684 g/mol. The molecule has 0 bridgehead atoms. The van der Waals surface area contributed by atoms with Crippen molar-refractivity contribution >= 4 is 11.9 Å². The van der Waals surface area contributed by atoms with Crippen molar-refractivity contribution in [1.82, 2.24) is 0 Å². The first-order chi connectivity index (χ1) is 25.4. The number of esters is 2. The zero-order chi connectivity index (χ0) is 38.6. The van der Waals surface area contributed by atoms with Crippen molar-refractivity contribution in [3.8, 4) is 0 Å². The van der Waals surface area contributed by atoms with Crippen molar-refractivity contribution in [3.63, 3.8) is 0 Å². The SMILES string of the molecule is C=C(C)C(=O)OC(COCCOCCOCCO[C@@H]1CC[C@@]2(C)[C@@H](C1)C[C@@H](O)[C@@H]1[C@@H]2C[C@H](O)[C@]2(C)[C@@H]([C@H](C)CCC(=O)OC)CC[C@@H]12)OCCOCC. The molecule has 0 radical (unpaired) electrons. The van der Waals surface area contributed by atoms with E-state index < -0.39 is 18.4 Å². The van der Waals surface area contributed by atoms with Crippen LogP contribution in [0.5, 0.6) is 0 Å². The minimum atomic E-state index is -0.848. The molecule has 306 valence electrons. The van der Waals surface area contributed by atoms with Gasteiger partial charge in [0.15, 0.2) is 0 Å². The summed E-state index contributed by atoms with van der Waals surface area (Å²) in [5.41, 5.74) is 0.116. The van der Waals surface area contributed by atoms with Crippen LogP contribution in [0.2, 0.25) is 0 Å². The van der Waals surface area contributed by atoms with Crippen molar-refractivity contribution in [2.75, 3.05) is 73.2 Å². The molecule has 4 aliphatic carbocycles. The topological polar surface area (TPSA) is 148 Å². The number of fused-ring (bicyclic) bond motifs is 5. The monoisotopic (exact) mass is 754 g/mol. The lowest BCUT2D eigenvalue weighted by atomic mass is 9.43. The van der Waals surface area contributed by atoms with Crippen molar-refractivity contribution in [2.45, 2.75) is 117 Å². The molecule has 4 saturated carbocycles. The first kappa shape index (κ1) is 44.1. The van der Waals surface area contributed by atoms with E-state index >= 15 is 0 Å². The van der Waals surface area contributed by atoms with Crippen LogP contribution in [0.4, 0.5) is 0 Å². The molecule has 4 rings (SSSR count). The van der Waals surface area contributed by atoms with Crippen LogP contribution in [-0.2, 0) is 47.5 Å². The lowest BCUT2D eigenvalue weighted by molar-refractivity contribution is -0.209. The van der Waals surface area contributed by atoms with Gasteiger partial charge in [-0.1, -0.05) is 27.4 Å². The Hall–Kier alpha value is -1.64. The third kappa shape index (κ3) is 11.2. The quantitative estimate of drug-likeness (QED) is 0.0618. The molecule has 0 heterocycles. The fraction of sp³-hybridized carbons (Fsp3) is 0.902. The summed E-state index contributed by atoms with van der Waals surface area (Å²) in [5, 5.41) is 23.6. The number of aliphatic hydroxyl groups excluding tert-OH is 2. The first-order valence-corrected chi connectivity index (χ1v) is 20.2. The summed E-state index contributed by atoms with van der Waals surface area (Å²) < 4.78 is 44.2. The zero-order valence-corrected chi connectivity index (χ0v) is 33.4. The second kappa shape index (κ2) is 21.0. The van der Waals surface area contributed by atoms with Crippen LogP contribution in [0.15, 0.2) is 12.2 Å². The van der Waals surface area contributed by atoms with Crippen LogP contribution in [0.3, 0.4) is 0 Å². The van der Waals surface area contributed by atoms with E-state index in [0.29, 0.717) is 88.9 Å². The summed E-state index contributed by atoms with van der Waals surface area (Å²) in [7, 11) is 1.44. The summed E-state index contributed by atoms with van der Waals surface area (Å²) in [4.78, 5) is 23.8. The smallest absolute Gasteiger partial charge is 0.335 e. The number of hydrogen-bond acceptors (Lipinski definition) is 12. The van der Waals surface area contributed by atoms with Crippen LogP contribution < -0.4 is 0 Å². The molecule has 4 fully saturated rings. The Balaban J connectivity index is 1.12. The minimum Gasteiger partial charge on any atom is -0.469 e. The number of ether oxygens (including phenoxy) is 8. The van der Waals surface area contributed by atoms with Crippen LogP contribution in [0, 0.1) is 46.3 Å². The molecule has 0 aromatic rings. The van der Waals surface area contributed by atoms with Gasteiger partial charge in [-0.15, -0.1) is 0 Å². The van der Waals surface area contributed by atoms with Gasteiger partial charge in [0.2, 0.25) is 6.29 Å². The Kier molecular flexibility index (Phi) is 17.5. The Morgan fingerprint density at radius 2 is 1.55 bits per heavy atom. The van der Waals surface area contributed by atoms with Crippen molar-refractivity contribution in [3.05, 3.63) is 12.2 Å². The summed E-state index contributed by atoms with van der Waals surface area (Å²) in [5.74, 6) is 1.08. The number of carbonyl (C=O) groups is 2. The second-order valence-corrected chi connectivity index (χ2v) is 16.4. The minimum absolute atomic E-state index is 0.0742. The third-order valence-corrected chi connectivity index (χ3v) is 13.4. The second-order valence-electron chi connectivity index (χ2n) is 16.4. The largest absolute Gasteiger partial charge is 0.469 e. The van der Waals surface area contributed by atoms with Crippen LogP contribution in [0.1, 0.15) is 92.4 Å². The molecular formula is C41H70O12. The number of carbonyl (C=O) groups excluding carboxylic acids is 2. The number of aliphatic hydroxyl groups is 2. The van der Waals surface area contributed by atoms with Crippen molar-refractivity contribution in [1.29, 1.82) is 0 Å². The molecule has 0 amide bonds. The maximum atomic E-state index is 11.9. The predicted molar refractivity (Wildman–Crippen MR) is 198 cm³/mol. The highest BCUT2D eigenvalue weighted by molar-refractivity contribution is 5.87. The van der Waals surface area contributed by atoms with Crippen molar-refractivity contribution < 1.29 is 57.7 Å². The van der Waals surface area contributed by atoms with E-state index in [-0.39, 0.29) is 53.7 Å². The summed E-state index contributed by atoms with van der Waals surface area (Å²) in [6, 6.07) is 0. The highest BCUT2D eigenvalue weighted by Gasteiger charge is 2.65. The van der Waals surface area contributed by atoms with Gasteiger partial charge in [-0.2, -0.15) is 0 Å². The van der Waals surface area contributed by atoms with E-state index in [4.69, 9.17) is 37.9 Å². The van der Waals surface area contributed by atoms with E-state index in [1.807, 2.05) is 6.92 Å². The predicted octanol–water partition coefficient (Wildman–Crippen LogP) is 5.11. The lowest BCUT2D eigenvalue weighted by Gasteiger charge is -2.63. The van der Waals surface area contributed by atoms with E-state index in [1.165, 1.54) is 7.11 Å². The molecule has 2 N–H and O–H groups in total. The van der Waals surface area contributed by atoms with Gasteiger partial charge in [0.05, 0.1) is 78.3 Å². The average molecular weight is 755 g/mol. The summed E-state index contributed by atoms with van der Waals surface area (Å²) in [6.07, 6.45) is 6.24. The van der Waals surface area contributed by atoms with E-state index in [0.717, 1.165) is 51.4 Å². The Labute approximate surface area is 317 Å². The number of hydrogen-bond donors (Lipinski definition) is 2. The van der Waals surface area contributed by atoms with Gasteiger partial charge in [0.1, 0.15) is 6.61 Å². The van der Waals surface area contributed by atoms with Gasteiger partial charge in [-0.3, -0.25) is 4.79 Å². The summed E-state index contributed by atoms with van der Waals surface area (Å²) >= 11 is 0. The van der Waals surface area contributed by atoms with Gasteiger partial charge in [0, 0.05) is 18.6 Å². The van der Waals surface area contributed by atoms with Crippen LogP contribution in [-0.4, -0.2) is 120 Å². The fourth-order valence-corrected chi connectivity index (χ4v) is 10.5. The zero-order valence-electron chi connectivity index (χ0n) is 33.4. The standard InChI is InChI=1S/C41H70O12/c1-8-47-19-22-52-37(53-39(45)27(2)3)26-50-18-17-48-15-16-49-20-21-51-30-13-14-40(5)29(23-30)24-34(42)38-32-11-10-31(28(4)9-12-36(44)46-7)41(32,6)35(43)25-33(38)40/h28-35,37-38,42-43H,2,8-26H2,1,3-7H3/t28-,29+,30-,31-,32+,33+,34-,35+,37?,38+,40+,41-/m1/s1. The van der Waals surface area contributed by atoms with E-state index in [9.17, 15) is 19.8 Å². The number of methoxy groups -OCH3 is 1. The van der Waals surface area contributed by atoms with Gasteiger partial charge >= 0.3 is 11.9 Å². The van der Waals surface area contributed by atoms with Gasteiger partial charge in [-0.25, -0.2) is 4.79 Å². The number of rotatable bonds is 23. The van der Waals surface area contributed by atoms with E-state index in [1.54, 1.807) is 6.92 Å². The molecule has 0 spiro atoms. The molecule has 0 aromatic heterocycles. The molecule has 4 aliphatic rings. The summed E-state index contributed by atoms with van der Waals surface area (Å²) in [6.45, 7) is 17.8. The molecule has 12 nitrogen and oxygen atoms in total. The first-order valence-electron chi connectivity index (χ1n) is 20.2. The van der Waals surface area contributed by atoms with Gasteiger partial charge < -0.3 is 48.1 Å². The molecule has 0 aromatic carbocycles. The average Bonchev–Trinajstić information content (AvgIpc) is 3.50. The van der Waals surface area contributed by atoms with Gasteiger partial charge in [-0.05, 0) is 112 Å². The highest BCUT2D eigenvalue weighted by atomic mass is 16.7. The highest BCUT2D eigenvalue weighted by Crippen LogP contribution is 2.68. The van der Waals surface area contributed by atoms with Crippen LogP contribution in [0.25, 0.3) is 0 Å². The maximum absolute atomic E-state index is 11.9. The fourth-order valence-electron chi connectivity index (χ4n) is 10.5. The molecule has 12 atom stereocenters. The molecule has 0 saturated heterocycles. The molecule has 0 aliphatic heterocycles. The van der Waals surface area contributed by atoms with Crippen LogP contribution >= 0.6 is 0 Å². The third-order valence-electron chi connectivity index (χ3n) is 13.4. The maximum Gasteiger partial charge on any atom is 0.335 e. The molecule has 53 heavy (non-hydrogen) atoms. The van der Waals surface area contributed by atoms with Gasteiger partial charge in [0.25, 0.3) is 0 Å². The lowest BCUT2D eigenvalue weighted by Crippen LogP contribution is -2.62. The molecule has 1 unspecified atom stereocenters. The normalized spacial score (nSPS) is 34.7. The van der Waals surface area contributed by atoms with Crippen molar-refractivity contribution in [2.24, 2.45) is 46.3 Å². The Bertz CT molecular complexity index is 1150. The molecule has 12 heteroatoms.